The van der Waals surface area contributed by atoms with Crippen molar-refractivity contribution >= 4 is 23.9 Å². The number of carboxylic acid groups (broad SMARTS) is 1. The largest absolute Gasteiger partial charge is 0.478 e. The molecule has 3 rings (SSSR count). The van der Waals surface area contributed by atoms with Crippen molar-refractivity contribution in [2.45, 2.75) is 72.8 Å². The van der Waals surface area contributed by atoms with Gasteiger partial charge in [0.25, 0.3) is 5.91 Å². The summed E-state index contributed by atoms with van der Waals surface area (Å²) in [5.74, 6) is -2.05. The number of carbonyl (C=O) groups excluding carboxylic acids is 3. The summed E-state index contributed by atoms with van der Waals surface area (Å²) in [5, 5.41) is 12.5. The van der Waals surface area contributed by atoms with Gasteiger partial charge in [-0.05, 0) is 55.5 Å². The van der Waals surface area contributed by atoms with Crippen LogP contribution in [0.4, 0.5) is 4.79 Å². The molecular weight excluding hydrogens is 562 g/mol. The summed E-state index contributed by atoms with van der Waals surface area (Å²) in [7, 11) is 0. The van der Waals surface area contributed by atoms with Crippen LogP contribution in [0, 0.1) is 0 Å². The Morgan fingerprint density at radius 2 is 1.41 bits per heavy atom. The highest BCUT2D eigenvalue weighted by atomic mass is 16.6. The lowest BCUT2D eigenvalue weighted by Crippen LogP contribution is -2.37. The molecule has 0 fully saturated rings. The van der Waals surface area contributed by atoms with Gasteiger partial charge in [0.15, 0.2) is 0 Å². The van der Waals surface area contributed by atoms with E-state index in [1.807, 2.05) is 88.4 Å². The Morgan fingerprint density at radius 1 is 0.795 bits per heavy atom. The molecule has 0 bridgehead atoms. The minimum absolute atomic E-state index is 0.0149. The van der Waals surface area contributed by atoms with Gasteiger partial charge in [-0.15, -0.1) is 0 Å². The van der Waals surface area contributed by atoms with Gasteiger partial charge in [-0.1, -0.05) is 80.6 Å². The van der Waals surface area contributed by atoms with Crippen molar-refractivity contribution in [3.05, 3.63) is 107 Å². The number of nitrogens with one attached hydrogen (secondary N) is 2. The van der Waals surface area contributed by atoms with Crippen LogP contribution in [0.15, 0.2) is 78.9 Å². The lowest BCUT2D eigenvalue weighted by Gasteiger charge is -2.26. The van der Waals surface area contributed by atoms with Gasteiger partial charge in [0.2, 0.25) is 5.91 Å². The van der Waals surface area contributed by atoms with E-state index >= 15 is 0 Å². The summed E-state index contributed by atoms with van der Waals surface area (Å²) in [4.78, 5) is 56.1. The first-order chi connectivity index (χ1) is 21.2. The average Bonchev–Trinajstić information content (AvgIpc) is 3.04. The minimum atomic E-state index is -1.25. The molecular formula is C34H43N3O7. The Hall–Kier alpha value is -4.70. The predicted octanol–water partition coefficient (Wildman–Crippen LogP) is 6.11. The second kappa shape index (κ2) is 19.5. The maximum absolute atomic E-state index is 12.8. The van der Waals surface area contributed by atoms with Crippen molar-refractivity contribution < 1.29 is 33.9 Å². The predicted molar refractivity (Wildman–Crippen MR) is 168 cm³/mol. The van der Waals surface area contributed by atoms with Crippen molar-refractivity contribution in [3.63, 3.8) is 0 Å². The molecule has 3 aromatic rings. The number of benzene rings is 3. The number of unbranched alkanes of at least 4 members (excludes halogenated alkanes) is 1. The van der Waals surface area contributed by atoms with Crippen LogP contribution < -0.4 is 10.8 Å². The number of hydrogen-bond acceptors (Lipinski definition) is 6. The zero-order valence-corrected chi connectivity index (χ0v) is 25.9. The first-order valence-electron chi connectivity index (χ1n) is 14.8. The number of rotatable bonds is 15. The Bertz CT molecular complexity index is 1330. The molecule has 0 atom stereocenters. The number of ether oxygens (including phenoxy) is 1. The average molecular weight is 606 g/mol. The van der Waals surface area contributed by atoms with Gasteiger partial charge < -0.3 is 20.1 Å². The summed E-state index contributed by atoms with van der Waals surface area (Å²) >= 11 is 0. The van der Waals surface area contributed by atoms with Crippen molar-refractivity contribution in [1.82, 2.24) is 15.7 Å². The van der Waals surface area contributed by atoms with Gasteiger partial charge in [-0.25, -0.2) is 15.1 Å². The van der Waals surface area contributed by atoms with Crippen LogP contribution in [0.25, 0.3) is 0 Å². The smallest absolute Gasteiger partial charge is 0.410 e. The third-order valence-electron chi connectivity index (χ3n) is 6.36. The van der Waals surface area contributed by atoms with Crippen molar-refractivity contribution in [2.75, 3.05) is 6.54 Å². The van der Waals surface area contributed by atoms with E-state index in [4.69, 9.17) is 9.57 Å². The van der Waals surface area contributed by atoms with Crippen LogP contribution in [0.5, 0.6) is 0 Å². The van der Waals surface area contributed by atoms with E-state index in [0.717, 1.165) is 11.1 Å². The fourth-order valence-corrected chi connectivity index (χ4v) is 4.05. The molecule has 0 unspecified atom stereocenters. The monoisotopic (exact) mass is 605 g/mol. The summed E-state index contributed by atoms with van der Waals surface area (Å²) < 4.78 is 5.45. The van der Waals surface area contributed by atoms with E-state index in [1.165, 1.54) is 17.0 Å². The highest BCUT2D eigenvalue weighted by Crippen LogP contribution is 2.17. The SMILES string of the molecule is CC.CC(C)N(Cc1ccc(C(=O)NCCCCC(=O)NOCc2ccccc2)c(C(=O)O)c1)C(=O)OCc1ccccc1. The normalized spacial score (nSPS) is 10.3. The summed E-state index contributed by atoms with van der Waals surface area (Å²) in [6, 6.07) is 23.0. The molecule has 3 N–H and O–H groups in total. The molecule has 0 aliphatic heterocycles. The summed E-state index contributed by atoms with van der Waals surface area (Å²) in [5.41, 5.74) is 4.59. The molecule has 10 heteroatoms. The van der Waals surface area contributed by atoms with Crippen LogP contribution >= 0.6 is 0 Å². The number of carboxylic acids is 1. The Balaban J connectivity index is 0.00000330. The number of aromatic carboxylic acids is 1. The van der Waals surface area contributed by atoms with Crippen molar-refractivity contribution in [3.8, 4) is 0 Å². The molecule has 3 amide bonds. The van der Waals surface area contributed by atoms with E-state index in [1.54, 1.807) is 6.07 Å². The second-order valence-corrected chi connectivity index (χ2v) is 9.96. The van der Waals surface area contributed by atoms with Crippen LogP contribution in [0.2, 0.25) is 0 Å². The van der Waals surface area contributed by atoms with Crippen LogP contribution in [-0.2, 0) is 34.1 Å². The molecule has 0 heterocycles. The Kier molecular flexibility index (Phi) is 15.7. The zero-order valence-electron chi connectivity index (χ0n) is 25.9. The number of amides is 3. The first-order valence-corrected chi connectivity index (χ1v) is 14.8. The topological polar surface area (TPSA) is 134 Å². The van der Waals surface area contributed by atoms with Crippen molar-refractivity contribution in [1.29, 1.82) is 0 Å². The highest BCUT2D eigenvalue weighted by Gasteiger charge is 2.22. The van der Waals surface area contributed by atoms with Gasteiger partial charge >= 0.3 is 12.1 Å². The molecule has 0 radical (unpaired) electrons. The number of hydroxylamine groups is 1. The number of nitrogens with zero attached hydrogens (tertiary/aromatic N) is 1. The van der Waals surface area contributed by atoms with Gasteiger partial charge in [0.05, 0.1) is 17.7 Å². The molecule has 0 saturated carbocycles. The molecule has 236 valence electrons. The van der Waals surface area contributed by atoms with E-state index in [2.05, 4.69) is 10.8 Å². The Labute approximate surface area is 259 Å². The lowest BCUT2D eigenvalue weighted by atomic mass is 10.0. The second-order valence-electron chi connectivity index (χ2n) is 9.96. The van der Waals surface area contributed by atoms with E-state index in [-0.39, 0.29) is 55.8 Å². The van der Waals surface area contributed by atoms with E-state index < -0.39 is 18.0 Å². The van der Waals surface area contributed by atoms with Gasteiger partial charge in [0, 0.05) is 25.6 Å². The van der Waals surface area contributed by atoms with Gasteiger partial charge in [-0.3, -0.25) is 14.4 Å². The molecule has 3 aromatic carbocycles. The lowest BCUT2D eigenvalue weighted by molar-refractivity contribution is -0.134. The standard InChI is InChI=1S/C32H37N3O7.C2H6/c1-23(2)35(32(40)41-21-24-11-5-3-6-12-24)20-26-16-17-27(28(19-26)31(38)39)30(37)33-18-10-9-15-29(36)34-42-22-25-13-7-4-8-14-25;1-2/h3-8,11-14,16-17,19,23H,9-10,15,18,20-22H2,1-2H3,(H,33,37)(H,34,36)(H,38,39);1-2H3. The fourth-order valence-electron chi connectivity index (χ4n) is 4.05. The maximum Gasteiger partial charge on any atom is 0.410 e. The Morgan fingerprint density at radius 3 is 2.00 bits per heavy atom. The molecule has 0 aliphatic rings. The quantitative estimate of drug-likeness (QED) is 0.141. The third kappa shape index (κ3) is 12.3. The minimum Gasteiger partial charge on any atom is -0.478 e. The number of carbonyl (C=O) groups is 4. The molecule has 0 saturated heterocycles. The number of hydrogen-bond donors (Lipinski definition) is 3. The van der Waals surface area contributed by atoms with Gasteiger partial charge in [-0.2, -0.15) is 0 Å². The first kappa shape index (κ1) is 35.5. The molecule has 0 spiro atoms. The van der Waals surface area contributed by atoms with Crippen LogP contribution in [0.1, 0.15) is 84.4 Å². The van der Waals surface area contributed by atoms with Gasteiger partial charge in [0.1, 0.15) is 6.61 Å². The van der Waals surface area contributed by atoms with E-state index in [9.17, 15) is 24.3 Å². The molecule has 0 aliphatic carbocycles. The fraction of sp³-hybridized carbons (Fsp3) is 0.353. The van der Waals surface area contributed by atoms with Crippen LogP contribution in [-0.4, -0.2) is 46.5 Å². The maximum atomic E-state index is 12.8. The third-order valence-corrected chi connectivity index (χ3v) is 6.36. The molecule has 0 aromatic heterocycles. The van der Waals surface area contributed by atoms with E-state index in [0.29, 0.717) is 18.4 Å². The summed E-state index contributed by atoms with van der Waals surface area (Å²) in [6.07, 6.45) is 0.729. The molecule has 44 heavy (non-hydrogen) atoms. The summed E-state index contributed by atoms with van der Waals surface area (Å²) in [6.45, 7) is 8.45. The van der Waals surface area contributed by atoms with Crippen molar-refractivity contribution in [2.24, 2.45) is 0 Å². The molecule has 10 nitrogen and oxygen atoms in total. The zero-order chi connectivity index (χ0) is 32.3. The van der Waals surface area contributed by atoms with Crippen LogP contribution in [0.3, 0.4) is 0 Å². The highest BCUT2D eigenvalue weighted by molar-refractivity contribution is 6.04.